The van der Waals surface area contributed by atoms with Gasteiger partial charge < -0.3 is 4.42 Å². The summed E-state index contributed by atoms with van der Waals surface area (Å²) < 4.78 is 5.44. The molecule has 0 spiro atoms. The van der Waals surface area contributed by atoms with Crippen molar-refractivity contribution in [2.45, 2.75) is 11.8 Å². The van der Waals surface area contributed by atoms with E-state index < -0.39 is 0 Å². The highest BCUT2D eigenvalue weighted by atomic mass is 32.2. The molecule has 7 heteroatoms. The zero-order valence-electron chi connectivity index (χ0n) is 12.4. The summed E-state index contributed by atoms with van der Waals surface area (Å²) in [4.78, 5) is 17.2. The van der Waals surface area contributed by atoms with E-state index in [4.69, 9.17) is 4.42 Å². The fraction of sp³-hybridized carbons (Fsp3) is 0.125. The molecular formula is C16H14N4O2S. The fourth-order valence-corrected chi connectivity index (χ4v) is 2.59. The molecule has 1 N–H and O–H groups in total. The van der Waals surface area contributed by atoms with Crippen LogP contribution in [0.5, 0.6) is 0 Å². The zero-order valence-corrected chi connectivity index (χ0v) is 13.2. The van der Waals surface area contributed by atoms with E-state index in [0.717, 1.165) is 16.2 Å². The lowest BCUT2D eigenvalue weighted by Gasteiger charge is -2.02. The lowest BCUT2D eigenvalue weighted by Crippen LogP contribution is -2.11. The first-order chi connectivity index (χ1) is 11.3. The van der Waals surface area contributed by atoms with Crippen LogP contribution < -0.4 is 5.32 Å². The number of thioether (sulfide) groups is 1. The number of benzene rings is 1. The first kappa shape index (κ1) is 15.2. The molecule has 0 unspecified atom stereocenters. The maximum atomic E-state index is 12.2. The number of amides is 1. The molecule has 0 fully saturated rings. The molecule has 0 aliphatic carbocycles. The molecule has 0 bridgehead atoms. The number of nitrogens with one attached hydrogen (secondary N) is 1. The van der Waals surface area contributed by atoms with Crippen LogP contribution in [0.4, 0.5) is 6.01 Å². The number of carbonyl (C=O) groups is 1. The molecule has 3 rings (SSSR count). The van der Waals surface area contributed by atoms with Crippen molar-refractivity contribution in [1.29, 1.82) is 0 Å². The number of pyridine rings is 1. The summed E-state index contributed by atoms with van der Waals surface area (Å²) in [5.74, 6) is 1.03. The minimum atomic E-state index is -0.289. The van der Waals surface area contributed by atoms with Gasteiger partial charge in [-0.2, -0.15) is 0 Å². The van der Waals surface area contributed by atoms with Gasteiger partial charge in [0.2, 0.25) is 5.89 Å². The van der Waals surface area contributed by atoms with Gasteiger partial charge in [0.25, 0.3) is 5.91 Å². The van der Waals surface area contributed by atoms with Gasteiger partial charge in [0.15, 0.2) is 0 Å². The molecule has 6 nitrogen and oxygen atoms in total. The number of rotatable bonds is 5. The topological polar surface area (TPSA) is 80.9 Å². The Balaban J connectivity index is 1.69. The average molecular weight is 326 g/mol. The summed E-state index contributed by atoms with van der Waals surface area (Å²) in [5, 5.41) is 10.3. The Labute approximate surface area is 137 Å². The largest absolute Gasteiger partial charge is 0.403 e. The highest BCUT2D eigenvalue weighted by Gasteiger charge is 2.12. The fourth-order valence-electron chi connectivity index (χ4n) is 1.92. The third-order valence-corrected chi connectivity index (χ3v) is 3.89. The molecule has 0 atom stereocenters. The second-order valence-electron chi connectivity index (χ2n) is 4.56. The molecule has 2 heterocycles. The molecule has 2 aromatic heterocycles. The van der Waals surface area contributed by atoms with Gasteiger partial charge >= 0.3 is 6.01 Å². The van der Waals surface area contributed by atoms with Crippen LogP contribution in [0.1, 0.15) is 17.3 Å². The van der Waals surface area contributed by atoms with Gasteiger partial charge in [-0.25, -0.2) is 0 Å². The number of nitrogens with zero attached hydrogens (tertiary/aromatic N) is 3. The van der Waals surface area contributed by atoms with Crippen molar-refractivity contribution in [2.24, 2.45) is 0 Å². The Bertz CT molecular complexity index is 787. The van der Waals surface area contributed by atoms with Crippen LogP contribution in [-0.4, -0.2) is 26.8 Å². The lowest BCUT2D eigenvalue weighted by molar-refractivity contribution is 0.102. The van der Waals surface area contributed by atoms with Crippen molar-refractivity contribution in [2.75, 3.05) is 11.1 Å². The Morgan fingerprint density at radius 3 is 2.57 bits per heavy atom. The molecular weight excluding hydrogens is 312 g/mol. The molecule has 0 radical (unpaired) electrons. The van der Waals surface area contributed by atoms with Gasteiger partial charge in [0.1, 0.15) is 0 Å². The highest BCUT2D eigenvalue weighted by Crippen LogP contribution is 2.20. The van der Waals surface area contributed by atoms with Crippen LogP contribution in [0, 0.1) is 0 Å². The number of anilines is 1. The van der Waals surface area contributed by atoms with Crippen molar-refractivity contribution in [3.8, 4) is 11.5 Å². The molecule has 23 heavy (non-hydrogen) atoms. The first-order valence-electron chi connectivity index (χ1n) is 7.04. The van der Waals surface area contributed by atoms with Crippen molar-refractivity contribution in [3.63, 3.8) is 0 Å². The van der Waals surface area contributed by atoms with Crippen molar-refractivity contribution in [3.05, 3.63) is 54.4 Å². The smallest absolute Gasteiger partial charge is 0.322 e. The van der Waals surface area contributed by atoms with E-state index in [1.807, 2.05) is 12.1 Å². The Kier molecular flexibility index (Phi) is 4.68. The van der Waals surface area contributed by atoms with Crippen molar-refractivity contribution in [1.82, 2.24) is 15.2 Å². The molecule has 0 aliphatic heterocycles. The molecule has 1 amide bonds. The van der Waals surface area contributed by atoms with Gasteiger partial charge in [-0.1, -0.05) is 12.0 Å². The Hall–Kier alpha value is -2.67. The predicted octanol–water partition coefficient (Wildman–Crippen LogP) is 3.50. The number of aromatic nitrogens is 3. The maximum Gasteiger partial charge on any atom is 0.322 e. The number of carbonyl (C=O) groups excluding carboxylic acids is 1. The maximum absolute atomic E-state index is 12.2. The first-order valence-corrected chi connectivity index (χ1v) is 8.03. The average Bonchev–Trinajstić information content (AvgIpc) is 3.05. The van der Waals surface area contributed by atoms with Gasteiger partial charge in [-0.05, 0) is 42.2 Å². The molecule has 0 saturated heterocycles. The Morgan fingerprint density at radius 2 is 1.87 bits per heavy atom. The van der Waals surface area contributed by atoms with E-state index >= 15 is 0 Å². The minimum absolute atomic E-state index is 0.0637. The summed E-state index contributed by atoms with van der Waals surface area (Å²) in [6.45, 7) is 2.08. The minimum Gasteiger partial charge on any atom is -0.403 e. The molecule has 0 aliphatic rings. The third kappa shape index (κ3) is 3.75. The lowest BCUT2D eigenvalue weighted by atomic mass is 10.2. The van der Waals surface area contributed by atoms with Crippen molar-refractivity contribution >= 4 is 23.7 Å². The standard InChI is InChI=1S/C16H14N4O2S/c1-2-23-13-5-3-11(4-6-13)14(21)18-16-20-19-15(22-16)12-7-9-17-10-8-12/h3-10H,2H2,1H3,(H,18,20,21). The van der Waals surface area contributed by atoms with Crippen LogP contribution in [0.25, 0.3) is 11.5 Å². The van der Waals surface area contributed by atoms with Crippen LogP contribution in [0.15, 0.2) is 58.1 Å². The normalized spacial score (nSPS) is 10.5. The molecule has 0 saturated carbocycles. The van der Waals surface area contributed by atoms with E-state index in [0.29, 0.717) is 11.5 Å². The molecule has 3 aromatic rings. The van der Waals surface area contributed by atoms with E-state index in [1.165, 1.54) is 0 Å². The van der Waals surface area contributed by atoms with Crippen LogP contribution in [0.2, 0.25) is 0 Å². The van der Waals surface area contributed by atoms with Crippen LogP contribution in [0.3, 0.4) is 0 Å². The van der Waals surface area contributed by atoms with Gasteiger partial charge in [0, 0.05) is 28.4 Å². The predicted molar refractivity (Wildman–Crippen MR) is 88.3 cm³/mol. The number of hydrogen-bond donors (Lipinski definition) is 1. The summed E-state index contributed by atoms with van der Waals surface area (Å²) in [6, 6.07) is 10.9. The second-order valence-corrected chi connectivity index (χ2v) is 5.90. The quantitative estimate of drug-likeness (QED) is 0.723. The summed E-state index contributed by atoms with van der Waals surface area (Å²) >= 11 is 1.72. The Morgan fingerprint density at radius 1 is 1.13 bits per heavy atom. The highest BCUT2D eigenvalue weighted by molar-refractivity contribution is 7.99. The SMILES string of the molecule is CCSc1ccc(C(=O)Nc2nnc(-c3ccncc3)o2)cc1. The van der Waals surface area contributed by atoms with Gasteiger partial charge in [-0.3, -0.25) is 15.1 Å². The van der Waals surface area contributed by atoms with E-state index in [1.54, 1.807) is 48.4 Å². The van der Waals surface area contributed by atoms with E-state index in [9.17, 15) is 4.79 Å². The third-order valence-electron chi connectivity index (χ3n) is 3.00. The zero-order chi connectivity index (χ0) is 16.1. The summed E-state index contributed by atoms with van der Waals surface area (Å²) in [5.41, 5.74) is 1.28. The monoisotopic (exact) mass is 326 g/mol. The van der Waals surface area contributed by atoms with Crippen LogP contribution in [-0.2, 0) is 0 Å². The van der Waals surface area contributed by atoms with Crippen molar-refractivity contribution < 1.29 is 9.21 Å². The van der Waals surface area contributed by atoms with Gasteiger partial charge in [-0.15, -0.1) is 16.9 Å². The van der Waals surface area contributed by atoms with E-state index in [-0.39, 0.29) is 11.9 Å². The molecule has 116 valence electrons. The summed E-state index contributed by atoms with van der Waals surface area (Å²) in [6.07, 6.45) is 3.27. The van der Waals surface area contributed by atoms with E-state index in [2.05, 4.69) is 27.4 Å². The molecule has 1 aromatic carbocycles. The van der Waals surface area contributed by atoms with Gasteiger partial charge in [0.05, 0.1) is 0 Å². The van der Waals surface area contributed by atoms with Crippen LogP contribution >= 0.6 is 11.8 Å². The summed E-state index contributed by atoms with van der Waals surface area (Å²) in [7, 11) is 0. The second kappa shape index (κ2) is 7.06. The number of hydrogen-bond acceptors (Lipinski definition) is 6.